The van der Waals surface area contributed by atoms with Crippen LogP contribution in [0.25, 0.3) is 11.3 Å². The van der Waals surface area contributed by atoms with E-state index in [1.165, 1.54) is 10.3 Å². The second-order valence-electron chi connectivity index (χ2n) is 6.19. The van der Waals surface area contributed by atoms with E-state index in [0.717, 1.165) is 29.5 Å². The highest BCUT2D eigenvalue weighted by Crippen LogP contribution is 2.28. The summed E-state index contributed by atoms with van der Waals surface area (Å²) in [6.45, 7) is -0.211. The van der Waals surface area contributed by atoms with Crippen LogP contribution in [0.2, 0.25) is 0 Å². The van der Waals surface area contributed by atoms with Crippen LogP contribution in [-0.4, -0.2) is 42.4 Å². The quantitative estimate of drug-likeness (QED) is 0.662. The van der Waals surface area contributed by atoms with Crippen molar-refractivity contribution in [3.63, 3.8) is 0 Å². The van der Waals surface area contributed by atoms with E-state index in [-0.39, 0.29) is 40.2 Å². The second kappa shape index (κ2) is 8.78. The molecular formula is C20H17F2N3O3S. The van der Waals surface area contributed by atoms with E-state index < -0.39 is 17.5 Å². The smallest absolute Gasteiger partial charge is 0.261 e. The highest BCUT2D eigenvalue weighted by molar-refractivity contribution is 7.14. The third kappa shape index (κ3) is 4.94. The molecule has 150 valence electrons. The van der Waals surface area contributed by atoms with Gasteiger partial charge >= 0.3 is 0 Å². The SMILES string of the molecule is CN(C)C(=O)COc1ccccc1C(=O)Nc1nc(-c2cc(F)ccc2F)cs1. The standard InChI is InChI=1S/C20H17F2N3O3S/c1-25(2)18(26)10-28-17-6-4-3-5-13(17)19(27)24-20-23-16(11-29-20)14-9-12(21)7-8-15(14)22/h3-9,11H,10H2,1-2H3,(H,23,24,27). The molecule has 0 aliphatic carbocycles. The molecule has 3 aromatic rings. The van der Waals surface area contributed by atoms with E-state index in [1.807, 2.05) is 0 Å². The predicted molar refractivity (Wildman–Crippen MR) is 106 cm³/mol. The molecule has 1 aromatic heterocycles. The molecule has 2 aromatic carbocycles. The Morgan fingerprint density at radius 1 is 1.17 bits per heavy atom. The fourth-order valence-corrected chi connectivity index (χ4v) is 3.07. The Morgan fingerprint density at radius 3 is 2.69 bits per heavy atom. The van der Waals surface area contributed by atoms with Crippen molar-refractivity contribution in [2.45, 2.75) is 0 Å². The Hall–Kier alpha value is -3.33. The van der Waals surface area contributed by atoms with Gasteiger partial charge in [0.25, 0.3) is 11.8 Å². The lowest BCUT2D eigenvalue weighted by atomic mass is 10.1. The molecule has 0 saturated carbocycles. The number of carbonyl (C=O) groups excluding carboxylic acids is 2. The first kappa shape index (κ1) is 20.4. The van der Waals surface area contributed by atoms with Gasteiger partial charge in [0.1, 0.15) is 17.4 Å². The largest absolute Gasteiger partial charge is 0.483 e. The van der Waals surface area contributed by atoms with Gasteiger partial charge in [-0.3, -0.25) is 14.9 Å². The third-order valence-electron chi connectivity index (χ3n) is 3.91. The van der Waals surface area contributed by atoms with Crippen molar-refractivity contribution < 1.29 is 23.1 Å². The van der Waals surface area contributed by atoms with Crippen molar-refractivity contribution in [2.24, 2.45) is 0 Å². The van der Waals surface area contributed by atoms with Crippen LogP contribution in [0.1, 0.15) is 10.4 Å². The molecule has 0 spiro atoms. The van der Waals surface area contributed by atoms with Gasteiger partial charge < -0.3 is 9.64 Å². The summed E-state index contributed by atoms with van der Waals surface area (Å²) in [4.78, 5) is 29.9. The van der Waals surface area contributed by atoms with Gasteiger partial charge in [0.15, 0.2) is 11.7 Å². The molecule has 6 nitrogen and oxygen atoms in total. The summed E-state index contributed by atoms with van der Waals surface area (Å²) in [5, 5.41) is 4.35. The molecule has 29 heavy (non-hydrogen) atoms. The monoisotopic (exact) mass is 417 g/mol. The molecule has 2 amide bonds. The van der Waals surface area contributed by atoms with Crippen LogP contribution in [0.15, 0.2) is 47.8 Å². The van der Waals surface area contributed by atoms with Crippen LogP contribution < -0.4 is 10.1 Å². The molecule has 9 heteroatoms. The summed E-state index contributed by atoms with van der Waals surface area (Å²) in [5.41, 5.74) is 0.434. The number of ether oxygens (including phenoxy) is 1. The average molecular weight is 417 g/mol. The highest BCUT2D eigenvalue weighted by atomic mass is 32.1. The molecule has 1 N–H and O–H groups in total. The third-order valence-corrected chi connectivity index (χ3v) is 4.67. The number of para-hydroxylation sites is 1. The summed E-state index contributed by atoms with van der Waals surface area (Å²) >= 11 is 1.08. The molecular weight excluding hydrogens is 400 g/mol. The zero-order valence-corrected chi connectivity index (χ0v) is 16.4. The zero-order valence-electron chi connectivity index (χ0n) is 15.6. The lowest BCUT2D eigenvalue weighted by Crippen LogP contribution is -2.28. The molecule has 0 aliphatic rings. The molecule has 0 saturated heterocycles. The summed E-state index contributed by atoms with van der Waals surface area (Å²) in [7, 11) is 3.21. The van der Waals surface area contributed by atoms with E-state index in [1.54, 1.807) is 38.4 Å². The Labute approximate surface area is 169 Å². The Balaban J connectivity index is 1.75. The first-order chi connectivity index (χ1) is 13.8. The Kier molecular flexibility index (Phi) is 6.18. The van der Waals surface area contributed by atoms with E-state index >= 15 is 0 Å². The number of nitrogens with one attached hydrogen (secondary N) is 1. The van der Waals surface area contributed by atoms with Gasteiger partial charge in [-0.25, -0.2) is 13.8 Å². The number of carbonyl (C=O) groups is 2. The fourth-order valence-electron chi connectivity index (χ4n) is 2.36. The number of hydrogen-bond donors (Lipinski definition) is 1. The average Bonchev–Trinajstić information content (AvgIpc) is 3.16. The minimum Gasteiger partial charge on any atom is -0.483 e. The molecule has 3 rings (SSSR count). The number of rotatable bonds is 6. The molecule has 0 radical (unpaired) electrons. The number of halogens is 2. The number of nitrogens with zero attached hydrogens (tertiary/aromatic N) is 2. The van der Waals surface area contributed by atoms with Crippen LogP contribution in [0, 0.1) is 11.6 Å². The highest BCUT2D eigenvalue weighted by Gasteiger charge is 2.17. The van der Waals surface area contributed by atoms with E-state index in [9.17, 15) is 18.4 Å². The van der Waals surface area contributed by atoms with Crippen LogP contribution in [-0.2, 0) is 4.79 Å². The fraction of sp³-hybridized carbons (Fsp3) is 0.150. The maximum absolute atomic E-state index is 13.9. The van der Waals surface area contributed by atoms with Gasteiger partial charge in [-0.15, -0.1) is 11.3 Å². The lowest BCUT2D eigenvalue weighted by molar-refractivity contribution is -0.130. The summed E-state index contributed by atoms with van der Waals surface area (Å²) in [6.07, 6.45) is 0. The number of likely N-dealkylation sites (N-methyl/N-ethyl adjacent to an activating group) is 1. The van der Waals surface area contributed by atoms with E-state index in [0.29, 0.717) is 0 Å². The van der Waals surface area contributed by atoms with Crippen LogP contribution >= 0.6 is 11.3 Å². The van der Waals surface area contributed by atoms with Crippen LogP contribution in [0.4, 0.5) is 13.9 Å². The number of amides is 2. The minimum atomic E-state index is -0.612. The minimum absolute atomic E-state index is 0.00711. The first-order valence-corrected chi connectivity index (χ1v) is 9.37. The molecule has 0 atom stereocenters. The Bertz CT molecular complexity index is 1050. The molecule has 0 fully saturated rings. The number of benzene rings is 2. The Morgan fingerprint density at radius 2 is 1.93 bits per heavy atom. The van der Waals surface area contributed by atoms with Crippen molar-refractivity contribution in [3.05, 3.63) is 65.0 Å². The molecule has 0 bridgehead atoms. The second-order valence-corrected chi connectivity index (χ2v) is 7.05. The van der Waals surface area contributed by atoms with E-state index in [4.69, 9.17) is 4.74 Å². The first-order valence-electron chi connectivity index (χ1n) is 8.49. The van der Waals surface area contributed by atoms with E-state index in [2.05, 4.69) is 10.3 Å². The van der Waals surface area contributed by atoms with Crippen molar-refractivity contribution in [1.82, 2.24) is 9.88 Å². The van der Waals surface area contributed by atoms with Crippen molar-refractivity contribution >= 4 is 28.3 Å². The molecule has 0 unspecified atom stereocenters. The van der Waals surface area contributed by atoms with Crippen LogP contribution in [0.5, 0.6) is 5.75 Å². The topological polar surface area (TPSA) is 71.5 Å². The molecule has 1 heterocycles. The van der Waals surface area contributed by atoms with Gasteiger partial charge in [0.05, 0.1) is 11.3 Å². The number of anilines is 1. The number of aromatic nitrogens is 1. The summed E-state index contributed by atoms with van der Waals surface area (Å²) in [6, 6.07) is 9.54. The molecule has 0 aliphatic heterocycles. The van der Waals surface area contributed by atoms with Gasteiger partial charge in [0.2, 0.25) is 0 Å². The summed E-state index contributed by atoms with van der Waals surface area (Å²) in [5.74, 6) is -1.70. The number of thiazole rings is 1. The van der Waals surface area contributed by atoms with Gasteiger partial charge in [0, 0.05) is 25.0 Å². The summed E-state index contributed by atoms with van der Waals surface area (Å²) < 4.78 is 32.8. The lowest BCUT2D eigenvalue weighted by Gasteiger charge is -2.13. The number of hydrogen-bond acceptors (Lipinski definition) is 5. The van der Waals surface area contributed by atoms with Crippen molar-refractivity contribution in [3.8, 4) is 17.0 Å². The maximum atomic E-state index is 13.9. The van der Waals surface area contributed by atoms with Crippen LogP contribution in [0.3, 0.4) is 0 Å². The maximum Gasteiger partial charge on any atom is 0.261 e. The van der Waals surface area contributed by atoms with Gasteiger partial charge in [-0.05, 0) is 30.3 Å². The van der Waals surface area contributed by atoms with Gasteiger partial charge in [-0.2, -0.15) is 0 Å². The predicted octanol–water partition coefficient (Wildman–Crippen LogP) is 3.81. The van der Waals surface area contributed by atoms with Gasteiger partial charge in [-0.1, -0.05) is 12.1 Å². The van der Waals surface area contributed by atoms with Crippen molar-refractivity contribution in [1.29, 1.82) is 0 Å². The van der Waals surface area contributed by atoms with Crippen molar-refractivity contribution in [2.75, 3.05) is 26.0 Å². The normalized spacial score (nSPS) is 10.5. The zero-order chi connectivity index (χ0) is 21.0.